The predicted molar refractivity (Wildman–Crippen MR) is 92.1 cm³/mol. The number of carbonyl (C=O) groups excluding carboxylic acids is 4. The number of hydrogen-bond donors (Lipinski definition) is 0. The minimum Gasteiger partial charge on any atom is -0.465 e. The van der Waals surface area contributed by atoms with Crippen molar-refractivity contribution in [2.24, 2.45) is 10.5 Å². The molecule has 1 saturated heterocycles. The molecule has 8 heteroatoms. The number of amides is 3. The number of esters is 1. The van der Waals surface area contributed by atoms with Crippen LogP contribution in [0.2, 0.25) is 0 Å². The van der Waals surface area contributed by atoms with Gasteiger partial charge in [0, 0.05) is 12.8 Å². The topological polar surface area (TPSA) is 96.3 Å². The van der Waals surface area contributed by atoms with Crippen LogP contribution in [-0.4, -0.2) is 47.5 Å². The largest absolute Gasteiger partial charge is 0.465 e. The van der Waals surface area contributed by atoms with Gasteiger partial charge in [0.25, 0.3) is 5.91 Å². The number of hydrogen-bond acceptors (Lipinski definition) is 6. The van der Waals surface area contributed by atoms with Gasteiger partial charge in [0.15, 0.2) is 0 Å². The fourth-order valence-corrected chi connectivity index (χ4v) is 3.22. The Labute approximate surface area is 150 Å². The Bertz CT molecular complexity index is 784. The van der Waals surface area contributed by atoms with Crippen molar-refractivity contribution in [1.29, 1.82) is 0 Å². The zero-order valence-electron chi connectivity index (χ0n) is 14.6. The van der Waals surface area contributed by atoms with E-state index in [4.69, 9.17) is 4.74 Å². The summed E-state index contributed by atoms with van der Waals surface area (Å²) in [7, 11) is 0. The summed E-state index contributed by atoms with van der Waals surface area (Å²) in [6, 6.07) is 8.82. The van der Waals surface area contributed by atoms with E-state index in [9.17, 15) is 19.2 Å². The van der Waals surface area contributed by atoms with E-state index >= 15 is 0 Å². The lowest BCUT2D eigenvalue weighted by Crippen LogP contribution is -2.54. The summed E-state index contributed by atoms with van der Waals surface area (Å²) in [6.45, 7) is 3.01. The summed E-state index contributed by atoms with van der Waals surface area (Å²) in [5.74, 6) is -2.21. The summed E-state index contributed by atoms with van der Waals surface area (Å²) in [4.78, 5) is 50.5. The first-order valence-electron chi connectivity index (χ1n) is 8.33. The molecule has 2 heterocycles. The maximum atomic E-state index is 13.0. The quantitative estimate of drug-likeness (QED) is 0.594. The van der Waals surface area contributed by atoms with Gasteiger partial charge in [0.1, 0.15) is 12.0 Å². The first-order valence-corrected chi connectivity index (χ1v) is 8.33. The average molecular weight is 357 g/mol. The van der Waals surface area contributed by atoms with Gasteiger partial charge in [-0.3, -0.25) is 24.1 Å². The normalized spacial score (nSPS) is 19.2. The first-order chi connectivity index (χ1) is 12.4. The number of ether oxygens (including phenoxy) is 1. The van der Waals surface area contributed by atoms with Crippen LogP contribution >= 0.6 is 0 Å². The smallest absolute Gasteiger partial charge is 0.326 e. The highest BCUT2D eigenvalue weighted by molar-refractivity contribution is 6.23. The number of carbonyl (C=O) groups is 4. The molecular weight excluding hydrogens is 338 g/mol. The molecule has 3 rings (SSSR count). The van der Waals surface area contributed by atoms with E-state index in [-0.39, 0.29) is 19.4 Å². The minimum atomic E-state index is -1.28. The first kappa shape index (κ1) is 17.8. The van der Waals surface area contributed by atoms with E-state index in [2.05, 4.69) is 5.10 Å². The maximum Gasteiger partial charge on any atom is 0.326 e. The van der Waals surface area contributed by atoms with Crippen molar-refractivity contribution >= 4 is 35.1 Å². The molecule has 0 atom stereocenters. The average Bonchev–Trinajstić information content (AvgIpc) is 2.84. The maximum absolute atomic E-state index is 13.0. The number of nitrogens with zero attached hydrogens (tertiary/aromatic N) is 3. The van der Waals surface area contributed by atoms with Gasteiger partial charge in [-0.1, -0.05) is 18.2 Å². The van der Waals surface area contributed by atoms with E-state index in [1.54, 1.807) is 38.1 Å². The standard InChI is InChI=1S/C18H19N3O5/c1-3-26-16(24)11-20-14(22)9-18(10-15(20)23)12(2)19-21(17(18)25)13-7-5-4-6-8-13/h4-8H,3,9-11H2,1-2H3. The van der Waals surface area contributed by atoms with Gasteiger partial charge in [0.2, 0.25) is 11.8 Å². The van der Waals surface area contributed by atoms with Gasteiger partial charge in [0.05, 0.1) is 18.0 Å². The molecule has 0 aliphatic carbocycles. The highest BCUT2D eigenvalue weighted by Gasteiger charge is 2.56. The summed E-state index contributed by atoms with van der Waals surface area (Å²) < 4.78 is 4.79. The number of anilines is 1. The van der Waals surface area contributed by atoms with Crippen LogP contribution in [0.5, 0.6) is 0 Å². The summed E-state index contributed by atoms with van der Waals surface area (Å²) in [6.07, 6.45) is -0.398. The Hall–Kier alpha value is -3.03. The molecule has 1 spiro atoms. The van der Waals surface area contributed by atoms with Gasteiger partial charge in [-0.2, -0.15) is 10.1 Å². The predicted octanol–water partition coefficient (Wildman–Crippen LogP) is 1.11. The molecule has 0 aromatic heterocycles. The van der Waals surface area contributed by atoms with Crippen LogP contribution in [0, 0.1) is 5.41 Å². The van der Waals surface area contributed by atoms with Crippen molar-refractivity contribution in [1.82, 2.24) is 4.90 Å². The molecule has 2 aliphatic rings. The van der Waals surface area contributed by atoms with Crippen molar-refractivity contribution in [3.05, 3.63) is 30.3 Å². The molecule has 0 saturated carbocycles. The highest BCUT2D eigenvalue weighted by Crippen LogP contribution is 2.41. The molecule has 0 N–H and O–H groups in total. The van der Waals surface area contributed by atoms with Crippen LogP contribution in [0.4, 0.5) is 5.69 Å². The Balaban J connectivity index is 1.83. The molecule has 136 valence electrons. The number of piperidine rings is 1. The molecule has 3 amide bonds. The van der Waals surface area contributed by atoms with Crippen molar-refractivity contribution in [2.75, 3.05) is 18.2 Å². The van der Waals surface area contributed by atoms with Crippen LogP contribution in [0.25, 0.3) is 0 Å². The highest BCUT2D eigenvalue weighted by atomic mass is 16.5. The zero-order valence-corrected chi connectivity index (χ0v) is 14.6. The third-order valence-corrected chi connectivity index (χ3v) is 4.65. The van der Waals surface area contributed by atoms with Crippen LogP contribution < -0.4 is 5.01 Å². The third kappa shape index (κ3) is 2.87. The molecule has 0 unspecified atom stereocenters. The fourth-order valence-electron chi connectivity index (χ4n) is 3.22. The minimum absolute atomic E-state index is 0.162. The molecule has 2 aliphatic heterocycles. The molecule has 26 heavy (non-hydrogen) atoms. The molecule has 0 radical (unpaired) electrons. The van der Waals surface area contributed by atoms with E-state index < -0.39 is 35.7 Å². The van der Waals surface area contributed by atoms with Crippen LogP contribution in [-0.2, 0) is 23.9 Å². The lowest BCUT2D eigenvalue weighted by Gasteiger charge is -2.35. The SMILES string of the molecule is CCOC(=O)CN1C(=O)CC2(CC1=O)C(=O)N(c1ccccc1)N=C2C. The van der Waals surface area contributed by atoms with Crippen LogP contribution in [0.3, 0.4) is 0 Å². The fraction of sp³-hybridized carbons (Fsp3) is 0.389. The van der Waals surface area contributed by atoms with Crippen molar-refractivity contribution < 1.29 is 23.9 Å². The molecule has 1 aromatic rings. The molecule has 8 nitrogen and oxygen atoms in total. The monoisotopic (exact) mass is 357 g/mol. The Morgan fingerprint density at radius 3 is 2.35 bits per heavy atom. The number of likely N-dealkylation sites (tertiary alicyclic amines) is 1. The van der Waals surface area contributed by atoms with E-state index in [1.165, 1.54) is 5.01 Å². The second-order valence-corrected chi connectivity index (χ2v) is 6.25. The lowest BCUT2D eigenvalue weighted by atomic mass is 9.74. The molecular formula is C18H19N3O5. The molecule has 0 bridgehead atoms. The number of imide groups is 1. The summed E-state index contributed by atoms with van der Waals surface area (Å²) in [5.41, 5.74) is -0.291. The van der Waals surface area contributed by atoms with E-state index in [1.807, 2.05) is 6.07 Å². The zero-order chi connectivity index (χ0) is 18.9. The van der Waals surface area contributed by atoms with Gasteiger partial charge in [-0.15, -0.1) is 0 Å². The van der Waals surface area contributed by atoms with Gasteiger partial charge in [-0.05, 0) is 26.0 Å². The number of benzene rings is 1. The van der Waals surface area contributed by atoms with Crippen molar-refractivity contribution in [2.45, 2.75) is 26.7 Å². The van der Waals surface area contributed by atoms with Crippen molar-refractivity contribution in [3.8, 4) is 0 Å². The van der Waals surface area contributed by atoms with E-state index in [0.717, 1.165) is 4.90 Å². The molecule has 1 aromatic carbocycles. The van der Waals surface area contributed by atoms with Crippen LogP contribution in [0.1, 0.15) is 26.7 Å². The summed E-state index contributed by atoms with van der Waals surface area (Å²) in [5, 5.41) is 5.52. The van der Waals surface area contributed by atoms with Crippen molar-refractivity contribution in [3.63, 3.8) is 0 Å². The Morgan fingerprint density at radius 1 is 1.15 bits per heavy atom. The lowest BCUT2D eigenvalue weighted by molar-refractivity contribution is -0.160. The third-order valence-electron chi connectivity index (χ3n) is 4.65. The second-order valence-electron chi connectivity index (χ2n) is 6.25. The number of para-hydroxylation sites is 1. The van der Waals surface area contributed by atoms with E-state index in [0.29, 0.717) is 11.4 Å². The molecule has 1 fully saturated rings. The Kier molecular flexibility index (Phi) is 4.58. The number of hydrazone groups is 1. The van der Waals surface area contributed by atoms with Crippen LogP contribution in [0.15, 0.2) is 35.4 Å². The van der Waals surface area contributed by atoms with Gasteiger partial charge in [-0.25, -0.2) is 0 Å². The Morgan fingerprint density at radius 2 is 1.77 bits per heavy atom. The number of rotatable bonds is 4. The second kappa shape index (κ2) is 6.70. The van der Waals surface area contributed by atoms with Gasteiger partial charge < -0.3 is 4.74 Å². The van der Waals surface area contributed by atoms with Gasteiger partial charge >= 0.3 is 5.97 Å². The summed E-state index contributed by atoms with van der Waals surface area (Å²) >= 11 is 0.